The minimum absolute atomic E-state index is 0.0733. The van der Waals surface area contributed by atoms with Gasteiger partial charge in [0.05, 0.1) is 35.2 Å². The van der Waals surface area contributed by atoms with Gasteiger partial charge in [-0.25, -0.2) is 23.4 Å². The van der Waals surface area contributed by atoms with E-state index >= 15 is 0 Å². The summed E-state index contributed by atoms with van der Waals surface area (Å²) in [6, 6.07) is 16.6. The summed E-state index contributed by atoms with van der Waals surface area (Å²) in [5, 5.41) is 0. The third kappa shape index (κ3) is 3.77. The number of aromatic nitrogens is 4. The van der Waals surface area contributed by atoms with E-state index in [9.17, 15) is 8.42 Å². The van der Waals surface area contributed by atoms with Gasteiger partial charge in [0.1, 0.15) is 12.4 Å². The van der Waals surface area contributed by atoms with Crippen LogP contribution >= 0.6 is 0 Å². The molecule has 0 N–H and O–H groups in total. The topological polar surface area (TPSA) is 90.2 Å². The Morgan fingerprint density at radius 2 is 1.70 bits per heavy atom. The van der Waals surface area contributed by atoms with Crippen LogP contribution in [0.15, 0.2) is 60.9 Å². The lowest BCUT2D eigenvalue weighted by Crippen LogP contribution is -2.41. The molecule has 1 saturated heterocycles. The molecule has 0 saturated carbocycles. The van der Waals surface area contributed by atoms with Crippen LogP contribution in [0.25, 0.3) is 22.2 Å². The molecule has 2 aromatic carbocycles. The molecule has 2 aromatic heterocycles. The van der Waals surface area contributed by atoms with Gasteiger partial charge in [-0.1, -0.05) is 36.4 Å². The average molecular weight is 462 g/mol. The predicted octanol–water partition coefficient (Wildman–Crippen LogP) is 2.85. The van der Waals surface area contributed by atoms with Gasteiger partial charge in [-0.05, 0) is 23.3 Å². The first-order chi connectivity index (χ1) is 16.1. The summed E-state index contributed by atoms with van der Waals surface area (Å²) in [6.07, 6.45) is 3.61. The number of imidazole rings is 1. The molecule has 0 unspecified atom stereocenters. The molecule has 0 amide bonds. The van der Waals surface area contributed by atoms with E-state index in [0.29, 0.717) is 32.3 Å². The van der Waals surface area contributed by atoms with Gasteiger partial charge in [-0.2, -0.15) is 0 Å². The Morgan fingerprint density at radius 3 is 2.45 bits per heavy atom. The van der Waals surface area contributed by atoms with Crippen LogP contribution in [0.5, 0.6) is 0 Å². The highest BCUT2D eigenvalue weighted by atomic mass is 32.2. The largest absolute Gasteiger partial charge is 0.371 e. The summed E-state index contributed by atoms with van der Waals surface area (Å²) in [5.74, 6) is 1.78. The van der Waals surface area contributed by atoms with E-state index in [1.165, 1.54) is 5.56 Å². The van der Waals surface area contributed by atoms with Crippen molar-refractivity contribution >= 4 is 26.8 Å². The minimum atomic E-state index is -2.94. The number of hydrogen-bond donors (Lipinski definition) is 0. The summed E-state index contributed by atoms with van der Waals surface area (Å²) in [6.45, 7) is 1.96. The molecule has 168 valence electrons. The molecule has 9 heteroatoms. The Morgan fingerprint density at radius 1 is 0.939 bits per heavy atom. The van der Waals surface area contributed by atoms with E-state index in [1.54, 1.807) is 12.4 Å². The highest BCUT2D eigenvalue weighted by molar-refractivity contribution is 7.91. The van der Waals surface area contributed by atoms with E-state index in [4.69, 9.17) is 9.72 Å². The fraction of sp³-hybridized carbons (Fsp3) is 0.292. The number of ether oxygens (including phenoxy) is 1. The molecule has 0 radical (unpaired) electrons. The van der Waals surface area contributed by atoms with E-state index in [1.807, 2.05) is 35.2 Å². The van der Waals surface area contributed by atoms with Gasteiger partial charge < -0.3 is 14.2 Å². The van der Waals surface area contributed by atoms with Crippen LogP contribution in [0.4, 0.5) is 5.95 Å². The highest BCUT2D eigenvalue weighted by Crippen LogP contribution is 2.32. The zero-order valence-corrected chi connectivity index (χ0v) is 18.8. The monoisotopic (exact) mass is 461 g/mol. The van der Waals surface area contributed by atoms with E-state index < -0.39 is 9.84 Å². The standard InChI is InChI=1S/C24H23N5O3S/c30-33(31)10-8-28(9-11-33)24-25-13-19(14-26-24)18-6-7-20-21(12-18)29-22(15-32-16-23(29)27-20)17-4-2-1-3-5-17/h1-7,12-14,22H,8-11,15-16H2/t22-/m1/s1. The molecule has 2 aliphatic rings. The van der Waals surface area contributed by atoms with E-state index in [2.05, 4.69) is 32.7 Å². The molecule has 0 spiro atoms. The molecule has 4 heterocycles. The second-order valence-electron chi connectivity index (χ2n) is 8.45. The minimum Gasteiger partial charge on any atom is -0.371 e. The van der Waals surface area contributed by atoms with Crippen LogP contribution in [-0.2, 0) is 21.2 Å². The van der Waals surface area contributed by atoms with Gasteiger partial charge >= 0.3 is 0 Å². The molecular formula is C24H23N5O3S. The Kier molecular flexibility index (Phi) is 4.88. The Bertz CT molecular complexity index is 1400. The third-order valence-electron chi connectivity index (χ3n) is 6.36. The van der Waals surface area contributed by atoms with Crippen LogP contribution in [0.1, 0.15) is 17.4 Å². The molecule has 1 fully saturated rings. The van der Waals surface area contributed by atoms with Gasteiger partial charge in [0.2, 0.25) is 5.95 Å². The molecule has 8 nitrogen and oxygen atoms in total. The second kappa shape index (κ2) is 7.93. The Labute approximate surface area is 191 Å². The molecule has 6 rings (SSSR count). The lowest BCUT2D eigenvalue weighted by atomic mass is 10.1. The molecule has 0 aliphatic carbocycles. The smallest absolute Gasteiger partial charge is 0.225 e. The van der Waals surface area contributed by atoms with Crippen LogP contribution in [0.2, 0.25) is 0 Å². The number of sulfone groups is 1. The van der Waals surface area contributed by atoms with Crippen molar-refractivity contribution in [1.82, 2.24) is 19.5 Å². The first-order valence-corrected chi connectivity index (χ1v) is 12.8. The summed E-state index contributed by atoms with van der Waals surface area (Å²) in [5.41, 5.74) is 5.11. The summed E-state index contributed by atoms with van der Waals surface area (Å²) in [4.78, 5) is 15.8. The first-order valence-electron chi connectivity index (χ1n) is 11.0. The van der Waals surface area contributed by atoms with Gasteiger partial charge in [0.25, 0.3) is 0 Å². The fourth-order valence-electron chi connectivity index (χ4n) is 4.57. The van der Waals surface area contributed by atoms with Crippen LogP contribution in [0.3, 0.4) is 0 Å². The fourth-order valence-corrected chi connectivity index (χ4v) is 5.78. The Balaban J connectivity index is 1.34. The molecule has 2 aliphatic heterocycles. The number of fused-ring (bicyclic) bond motifs is 3. The summed E-state index contributed by atoms with van der Waals surface area (Å²) < 4.78 is 31.5. The zero-order valence-electron chi connectivity index (χ0n) is 18.0. The number of benzene rings is 2. The lowest BCUT2D eigenvalue weighted by Gasteiger charge is -2.27. The first kappa shape index (κ1) is 20.3. The van der Waals surface area contributed by atoms with Crippen LogP contribution in [-0.4, -0.2) is 59.1 Å². The number of nitrogens with zero attached hydrogens (tertiary/aromatic N) is 5. The second-order valence-corrected chi connectivity index (χ2v) is 10.8. The molecule has 0 bridgehead atoms. The van der Waals surface area contributed by atoms with Crippen molar-refractivity contribution in [1.29, 1.82) is 0 Å². The van der Waals surface area contributed by atoms with E-state index in [0.717, 1.165) is 28.0 Å². The number of hydrogen-bond acceptors (Lipinski definition) is 7. The number of anilines is 1. The summed E-state index contributed by atoms with van der Waals surface area (Å²) in [7, 11) is -2.94. The van der Waals surface area contributed by atoms with Crippen molar-refractivity contribution in [2.24, 2.45) is 0 Å². The van der Waals surface area contributed by atoms with Gasteiger partial charge in [-0.3, -0.25) is 0 Å². The van der Waals surface area contributed by atoms with Crippen molar-refractivity contribution in [2.45, 2.75) is 12.6 Å². The molecule has 33 heavy (non-hydrogen) atoms. The van der Waals surface area contributed by atoms with Crippen LogP contribution in [0, 0.1) is 0 Å². The lowest BCUT2D eigenvalue weighted by molar-refractivity contribution is 0.0679. The zero-order chi connectivity index (χ0) is 22.4. The van der Waals surface area contributed by atoms with Crippen molar-refractivity contribution in [3.8, 4) is 11.1 Å². The van der Waals surface area contributed by atoms with Crippen molar-refractivity contribution in [3.05, 3.63) is 72.3 Å². The van der Waals surface area contributed by atoms with Gasteiger partial charge in [-0.15, -0.1) is 0 Å². The SMILES string of the molecule is O=S1(=O)CCN(c2ncc(-c3ccc4nc5n(c4c3)[C@@H](c3ccccc3)COC5)cn2)CC1. The molecule has 4 aromatic rings. The predicted molar refractivity (Wildman–Crippen MR) is 126 cm³/mol. The molecular weight excluding hydrogens is 438 g/mol. The van der Waals surface area contributed by atoms with Crippen LogP contribution < -0.4 is 4.90 Å². The maximum Gasteiger partial charge on any atom is 0.225 e. The third-order valence-corrected chi connectivity index (χ3v) is 7.97. The summed E-state index contributed by atoms with van der Waals surface area (Å²) >= 11 is 0. The Hall–Kier alpha value is -3.30. The maximum absolute atomic E-state index is 11.7. The van der Waals surface area contributed by atoms with Crippen molar-refractivity contribution < 1.29 is 13.2 Å². The normalized spacial score (nSPS) is 20.0. The van der Waals surface area contributed by atoms with Gasteiger partial charge in [0.15, 0.2) is 9.84 Å². The highest BCUT2D eigenvalue weighted by Gasteiger charge is 2.26. The van der Waals surface area contributed by atoms with Crippen molar-refractivity contribution in [2.75, 3.05) is 36.1 Å². The maximum atomic E-state index is 11.7. The average Bonchev–Trinajstić information content (AvgIpc) is 3.23. The van der Waals surface area contributed by atoms with Gasteiger partial charge in [0, 0.05) is 31.0 Å². The quantitative estimate of drug-likeness (QED) is 0.463. The number of rotatable bonds is 3. The molecule has 1 atom stereocenters. The van der Waals surface area contributed by atoms with Crippen molar-refractivity contribution in [3.63, 3.8) is 0 Å². The van der Waals surface area contributed by atoms with E-state index in [-0.39, 0.29) is 17.5 Å².